The fourth-order valence-electron chi connectivity index (χ4n) is 3.24. The highest BCUT2D eigenvalue weighted by Gasteiger charge is 2.44. The van der Waals surface area contributed by atoms with E-state index in [1.54, 1.807) is 7.11 Å². The Morgan fingerprint density at radius 1 is 1.42 bits per heavy atom. The molecule has 0 radical (unpaired) electrons. The van der Waals surface area contributed by atoms with Gasteiger partial charge in [0, 0.05) is 31.8 Å². The summed E-state index contributed by atoms with van der Waals surface area (Å²) in [7, 11) is 1.75. The predicted molar refractivity (Wildman–Crippen MR) is 75.9 cm³/mol. The maximum Gasteiger partial charge on any atom is 0.108 e. The van der Waals surface area contributed by atoms with Crippen molar-refractivity contribution in [2.75, 3.05) is 20.3 Å². The lowest BCUT2D eigenvalue weighted by Crippen LogP contribution is -2.47. The Kier molecular flexibility index (Phi) is 4.83. The molecule has 0 aromatic carbocycles. The van der Waals surface area contributed by atoms with Gasteiger partial charge in [0.05, 0.1) is 12.7 Å². The largest absolute Gasteiger partial charge is 0.383 e. The minimum absolute atomic E-state index is 0.272. The molecule has 2 rings (SSSR count). The highest BCUT2D eigenvalue weighted by molar-refractivity contribution is 5.15. The zero-order valence-corrected chi connectivity index (χ0v) is 12.5. The van der Waals surface area contributed by atoms with Gasteiger partial charge in [-0.05, 0) is 46.0 Å². The molecule has 2 atom stereocenters. The van der Waals surface area contributed by atoms with Gasteiger partial charge < -0.3 is 4.74 Å². The summed E-state index contributed by atoms with van der Waals surface area (Å²) in [6, 6.07) is 4.19. The van der Waals surface area contributed by atoms with Crippen LogP contribution in [0.4, 0.5) is 0 Å². The van der Waals surface area contributed by atoms with Crippen molar-refractivity contribution >= 4 is 0 Å². The van der Waals surface area contributed by atoms with Crippen molar-refractivity contribution in [3.05, 3.63) is 0 Å². The summed E-state index contributed by atoms with van der Waals surface area (Å²) in [5, 5.41) is 13.1. The minimum Gasteiger partial charge on any atom is -0.383 e. The second-order valence-electron chi connectivity index (χ2n) is 6.33. The summed E-state index contributed by atoms with van der Waals surface area (Å²) in [6.45, 7) is 6.20. The van der Waals surface area contributed by atoms with Gasteiger partial charge in [-0.25, -0.2) is 0 Å². The normalized spacial score (nSPS) is 31.1. The standard InChI is InChI=1S/C15H27N3O/c1-12(2)18(8-9-19-3)14-6-7-15(10-14,11-16)17-13-4-5-13/h12-14,17H,4-10H2,1-3H3. The van der Waals surface area contributed by atoms with Crippen molar-refractivity contribution in [3.63, 3.8) is 0 Å². The zero-order chi connectivity index (χ0) is 13.9. The lowest BCUT2D eigenvalue weighted by Gasteiger charge is -2.33. The molecule has 0 heterocycles. The molecule has 2 fully saturated rings. The molecule has 0 aliphatic heterocycles. The number of nitrogens with zero attached hydrogens (tertiary/aromatic N) is 2. The fourth-order valence-corrected chi connectivity index (χ4v) is 3.24. The van der Waals surface area contributed by atoms with Gasteiger partial charge in [-0.15, -0.1) is 0 Å². The van der Waals surface area contributed by atoms with Crippen LogP contribution in [0, 0.1) is 11.3 Å². The van der Waals surface area contributed by atoms with Crippen LogP contribution in [-0.2, 0) is 4.74 Å². The molecular formula is C15H27N3O. The predicted octanol–water partition coefficient (Wildman–Crippen LogP) is 1.91. The third-order valence-electron chi connectivity index (χ3n) is 4.45. The molecule has 0 spiro atoms. The average Bonchev–Trinajstić information content (AvgIpc) is 3.09. The first-order valence-electron chi connectivity index (χ1n) is 7.54. The van der Waals surface area contributed by atoms with Crippen LogP contribution >= 0.6 is 0 Å². The molecule has 4 heteroatoms. The van der Waals surface area contributed by atoms with Gasteiger partial charge in [0.1, 0.15) is 5.54 Å². The SMILES string of the molecule is COCCN(C(C)C)C1CCC(C#N)(NC2CC2)C1. The van der Waals surface area contributed by atoms with Crippen LogP contribution in [0.5, 0.6) is 0 Å². The third kappa shape index (κ3) is 3.68. The fraction of sp³-hybridized carbons (Fsp3) is 0.933. The molecule has 0 amide bonds. The first-order chi connectivity index (χ1) is 9.10. The molecule has 19 heavy (non-hydrogen) atoms. The van der Waals surface area contributed by atoms with E-state index in [4.69, 9.17) is 4.74 Å². The first-order valence-corrected chi connectivity index (χ1v) is 7.54. The molecule has 2 unspecified atom stereocenters. The Bertz CT molecular complexity index is 335. The summed E-state index contributed by atoms with van der Waals surface area (Å²) in [6.07, 6.45) is 5.55. The van der Waals surface area contributed by atoms with E-state index in [0.717, 1.165) is 32.4 Å². The van der Waals surface area contributed by atoms with Crippen LogP contribution in [0.2, 0.25) is 0 Å². The van der Waals surface area contributed by atoms with Crippen molar-refractivity contribution in [2.24, 2.45) is 0 Å². The van der Waals surface area contributed by atoms with E-state index in [1.807, 2.05) is 0 Å². The minimum atomic E-state index is -0.272. The summed E-state index contributed by atoms with van der Waals surface area (Å²) < 4.78 is 5.21. The van der Waals surface area contributed by atoms with E-state index in [9.17, 15) is 5.26 Å². The van der Waals surface area contributed by atoms with Gasteiger partial charge in [0.15, 0.2) is 0 Å². The average molecular weight is 265 g/mol. The molecule has 4 nitrogen and oxygen atoms in total. The quantitative estimate of drug-likeness (QED) is 0.764. The monoisotopic (exact) mass is 265 g/mol. The van der Waals surface area contributed by atoms with Crippen LogP contribution < -0.4 is 5.32 Å². The maximum atomic E-state index is 9.55. The smallest absolute Gasteiger partial charge is 0.108 e. The maximum absolute atomic E-state index is 9.55. The van der Waals surface area contributed by atoms with Gasteiger partial charge in [-0.2, -0.15) is 5.26 Å². The van der Waals surface area contributed by atoms with Crippen LogP contribution in [0.1, 0.15) is 46.0 Å². The van der Waals surface area contributed by atoms with Crippen LogP contribution in [0.3, 0.4) is 0 Å². The molecule has 2 aliphatic carbocycles. The molecular weight excluding hydrogens is 238 g/mol. The van der Waals surface area contributed by atoms with E-state index < -0.39 is 0 Å². The molecule has 108 valence electrons. The molecule has 0 aromatic heterocycles. The lowest BCUT2D eigenvalue weighted by atomic mass is 9.99. The van der Waals surface area contributed by atoms with E-state index in [-0.39, 0.29) is 5.54 Å². The lowest BCUT2D eigenvalue weighted by molar-refractivity contribution is 0.0951. The summed E-state index contributed by atoms with van der Waals surface area (Å²) in [5.74, 6) is 0. The van der Waals surface area contributed by atoms with Crippen molar-refractivity contribution in [3.8, 4) is 6.07 Å². The van der Waals surface area contributed by atoms with Crippen molar-refractivity contribution in [2.45, 2.75) is 69.6 Å². The molecule has 2 saturated carbocycles. The van der Waals surface area contributed by atoms with Crippen LogP contribution in [0.25, 0.3) is 0 Å². The summed E-state index contributed by atoms with van der Waals surface area (Å²) in [5.41, 5.74) is -0.272. The Balaban J connectivity index is 1.95. The second-order valence-corrected chi connectivity index (χ2v) is 6.33. The van der Waals surface area contributed by atoms with Crippen molar-refractivity contribution in [1.82, 2.24) is 10.2 Å². The molecule has 2 aliphatic rings. The van der Waals surface area contributed by atoms with Crippen LogP contribution in [-0.4, -0.2) is 48.8 Å². The number of rotatable bonds is 7. The third-order valence-corrected chi connectivity index (χ3v) is 4.45. The van der Waals surface area contributed by atoms with E-state index in [1.165, 1.54) is 12.8 Å². The number of hydrogen-bond acceptors (Lipinski definition) is 4. The Hall–Kier alpha value is -0.630. The number of hydrogen-bond donors (Lipinski definition) is 1. The van der Waals surface area contributed by atoms with Gasteiger partial charge >= 0.3 is 0 Å². The highest BCUT2D eigenvalue weighted by Crippen LogP contribution is 2.36. The van der Waals surface area contributed by atoms with Gasteiger partial charge in [-0.1, -0.05) is 0 Å². The Labute approximate surface area is 117 Å². The van der Waals surface area contributed by atoms with E-state index in [0.29, 0.717) is 18.1 Å². The first kappa shape index (κ1) is 14.8. The number of ether oxygens (including phenoxy) is 1. The molecule has 0 saturated heterocycles. The number of methoxy groups -OCH3 is 1. The van der Waals surface area contributed by atoms with E-state index >= 15 is 0 Å². The number of nitrogens with one attached hydrogen (secondary N) is 1. The van der Waals surface area contributed by atoms with Crippen molar-refractivity contribution in [1.29, 1.82) is 5.26 Å². The highest BCUT2D eigenvalue weighted by atomic mass is 16.5. The molecule has 0 bridgehead atoms. The summed E-state index contributed by atoms with van der Waals surface area (Å²) in [4.78, 5) is 2.50. The van der Waals surface area contributed by atoms with Gasteiger partial charge in [0.25, 0.3) is 0 Å². The molecule has 1 N–H and O–H groups in total. The van der Waals surface area contributed by atoms with Crippen LogP contribution in [0.15, 0.2) is 0 Å². The van der Waals surface area contributed by atoms with Gasteiger partial charge in [0.2, 0.25) is 0 Å². The summed E-state index contributed by atoms with van der Waals surface area (Å²) >= 11 is 0. The van der Waals surface area contributed by atoms with E-state index in [2.05, 4.69) is 30.1 Å². The topological polar surface area (TPSA) is 48.3 Å². The molecule has 0 aromatic rings. The van der Waals surface area contributed by atoms with Gasteiger partial charge in [-0.3, -0.25) is 10.2 Å². The Morgan fingerprint density at radius 2 is 2.16 bits per heavy atom. The second kappa shape index (κ2) is 6.21. The Morgan fingerprint density at radius 3 is 2.68 bits per heavy atom. The van der Waals surface area contributed by atoms with Crippen molar-refractivity contribution < 1.29 is 4.74 Å². The number of nitriles is 1. The zero-order valence-electron chi connectivity index (χ0n) is 12.5.